The number of carbonyl (C=O) groups is 1. The molecule has 0 aliphatic carbocycles. The van der Waals surface area contributed by atoms with Gasteiger partial charge in [0.1, 0.15) is 5.75 Å². The summed E-state index contributed by atoms with van der Waals surface area (Å²) in [5.41, 5.74) is 7.42. The predicted molar refractivity (Wildman–Crippen MR) is 61.7 cm³/mol. The fourth-order valence-electron chi connectivity index (χ4n) is 2.23. The molecule has 1 aliphatic rings. The first-order chi connectivity index (χ1) is 7.69. The van der Waals surface area contributed by atoms with Gasteiger partial charge in [-0.05, 0) is 12.1 Å². The van der Waals surface area contributed by atoms with Gasteiger partial charge in [0, 0.05) is 37.2 Å². The summed E-state index contributed by atoms with van der Waals surface area (Å²) in [6.45, 7) is 1.17. The molecule has 4 nitrogen and oxygen atoms in total. The molecule has 1 aromatic rings. The lowest BCUT2D eigenvalue weighted by Crippen LogP contribution is -2.39. The van der Waals surface area contributed by atoms with Crippen molar-refractivity contribution >= 4 is 5.91 Å². The third kappa shape index (κ3) is 1.55. The summed E-state index contributed by atoms with van der Waals surface area (Å²) in [5.74, 6) is 0.960. The van der Waals surface area contributed by atoms with Gasteiger partial charge in [-0.2, -0.15) is 0 Å². The quantitative estimate of drug-likeness (QED) is 0.803. The number of fused-ring (bicyclic) bond motifs is 1. The second kappa shape index (κ2) is 4.14. The molecule has 4 heteroatoms. The summed E-state index contributed by atoms with van der Waals surface area (Å²) in [5, 5.41) is 0. The number of nitrogens with zero attached hydrogens (tertiary/aromatic N) is 1. The molecule has 1 aromatic carbocycles. The first-order valence-electron chi connectivity index (χ1n) is 5.31. The molecule has 0 radical (unpaired) electrons. The molecule has 1 unspecified atom stereocenters. The number of amides is 1. The minimum Gasteiger partial charge on any atom is -0.496 e. The number of hydrogen-bond donors (Lipinski definition) is 1. The Balaban J connectivity index is 2.58. The predicted octanol–water partition coefficient (Wildman–Crippen LogP) is 0.823. The lowest BCUT2D eigenvalue weighted by Gasteiger charge is -2.32. The van der Waals surface area contributed by atoms with Crippen molar-refractivity contribution in [1.82, 2.24) is 4.90 Å². The summed E-state index contributed by atoms with van der Waals surface area (Å²) < 4.78 is 5.30. The molecular formula is C12H16N2O2. The van der Waals surface area contributed by atoms with E-state index in [0.717, 1.165) is 11.3 Å². The van der Waals surface area contributed by atoms with Crippen LogP contribution in [0.15, 0.2) is 18.2 Å². The Bertz CT molecular complexity index is 417. The SMILES string of the molecule is COc1cccc2c1C(CN)CN(C)C2=O. The molecule has 1 amide bonds. The van der Waals surface area contributed by atoms with Crippen molar-refractivity contribution in [2.24, 2.45) is 5.73 Å². The van der Waals surface area contributed by atoms with Crippen LogP contribution in [0.4, 0.5) is 0 Å². The van der Waals surface area contributed by atoms with Crippen molar-refractivity contribution in [2.75, 3.05) is 27.2 Å². The molecule has 1 heterocycles. The first kappa shape index (κ1) is 11.0. The van der Waals surface area contributed by atoms with Crippen molar-refractivity contribution in [3.05, 3.63) is 29.3 Å². The van der Waals surface area contributed by atoms with Gasteiger partial charge in [0.05, 0.1) is 7.11 Å². The standard InChI is InChI=1S/C12H16N2O2/c1-14-7-8(6-13)11-9(12(14)15)4-3-5-10(11)16-2/h3-5,8H,6-7,13H2,1-2H3. The van der Waals surface area contributed by atoms with Crippen LogP contribution < -0.4 is 10.5 Å². The topological polar surface area (TPSA) is 55.6 Å². The number of carbonyl (C=O) groups excluding carboxylic acids is 1. The maximum atomic E-state index is 12.0. The van der Waals surface area contributed by atoms with Crippen LogP contribution in [0.3, 0.4) is 0 Å². The van der Waals surface area contributed by atoms with E-state index < -0.39 is 0 Å². The summed E-state index contributed by atoms with van der Waals surface area (Å²) >= 11 is 0. The maximum Gasteiger partial charge on any atom is 0.254 e. The van der Waals surface area contributed by atoms with Gasteiger partial charge in [0.15, 0.2) is 0 Å². The van der Waals surface area contributed by atoms with Crippen LogP contribution in [0, 0.1) is 0 Å². The fourth-order valence-corrected chi connectivity index (χ4v) is 2.23. The third-order valence-corrected chi connectivity index (χ3v) is 3.05. The average Bonchev–Trinajstić information content (AvgIpc) is 2.32. The van der Waals surface area contributed by atoms with E-state index in [0.29, 0.717) is 18.7 Å². The normalized spacial score (nSPS) is 19.6. The zero-order valence-electron chi connectivity index (χ0n) is 9.56. The van der Waals surface area contributed by atoms with Gasteiger partial charge in [-0.3, -0.25) is 4.79 Å². The van der Waals surface area contributed by atoms with Crippen molar-refractivity contribution < 1.29 is 9.53 Å². The summed E-state index contributed by atoms with van der Waals surface area (Å²) in [6.07, 6.45) is 0. The lowest BCUT2D eigenvalue weighted by molar-refractivity contribution is 0.0765. The van der Waals surface area contributed by atoms with Gasteiger partial charge in [0.25, 0.3) is 5.91 Å². The number of nitrogens with two attached hydrogens (primary N) is 1. The number of benzene rings is 1. The highest BCUT2D eigenvalue weighted by molar-refractivity contribution is 5.97. The Morgan fingerprint density at radius 2 is 2.31 bits per heavy atom. The second-order valence-corrected chi connectivity index (χ2v) is 4.04. The van der Waals surface area contributed by atoms with Crippen molar-refractivity contribution in [3.8, 4) is 5.75 Å². The van der Waals surface area contributed by atoms with Crippen molar-refractivity contribution in [2.45, 2.75) is 5.92 Å². The smallest absolute Gasteiger partial charge is 0.254 e. The number of methoxy groups -OCH3 is 1. The Hall–Kier alpha value is -1.55. The summed E-state index contributed by atoms with van der Waals surface area (Å²) in [4.78, 5) is 13.7. The van der Waals surface area contributed by atoms with Gasteiger partial charge in [0.2, 0.25) is 0 Å². The molecule has 1 aliphatic heterocycles. The Kier molecular flexibility index (Phi) is 2.83. The molecule has 2 N–H and O–H groups in total. The van der Waals surface area contributed by atoms with Crippen LogP contribution in [-0.2, 0) is 0 Å². The van der Waals surface area contributed by atoms with Gasteiger partial charge in [-0.1, -0.05) is 6.07 Å². The lowest BCUT2D eigenvalue weighted by atomic mass is 9.88. The van der Waals surface area contributed by atoms with Crippen molar-refractivity contribution in [1.29, 1.82) is 0 Å². The van der Waals surface area contributed by atoms with Gasteiger partial charge >= 0.3 is 0 Å². The highest BCUT2D eigenvalue weighted by atomic mass is 16.5. The van der Waals surface area contributed by atoms with Crippen LogP contribution in [0.5, 0.6) is 5.75 Å². The molecule has 86 valence electrons. The molecule has 0 fully saturated rings. The Labute approximate surface area is 95.0 Å². The van der Waals surface area contributed by atoms with Crippen molar-refractivity contribution in [3.63, 3.8) is 0 Å². The molecule has 2 rings (SSSR count). The van der Waals surface area contributed by atoms with E-state index in [-0.39, 0.29) is 11.8 Å². The van der Waals surface area contributed by atoms with Crippen LogP contribution in [0.2, 0.25) is 0 Å². The van der Waals surface area contributed by atoms with E-state index in [1.807, 2.05) is 18.2 Å². The van der Waals surface area contributed by atoms with Gasteiger partial charge in [-0.25, -0.2) is 0 Å². The molecule has 16 heavy (non-hydrogen) atoms. The Morgan fingerprint density at radius 1 is 1.56 bits per heavy atom. The van der Waals surface area contributed by atoms with E-state index in [4.69, 9.17) is 10.5 Å². The van der Waals surface area contributed by atoms with Crippen LogP contribution >= 0.6 is 0 Å². The number of rotatable bonds is 2. The summed E-state index contributed by atoms with van der Waals surface area (Å²) in [6, 6.07) is 5.54. The average molecular weight is 220 g/mol. The molecule has 0 spiro atoms. The zero-order chi connectivity index (χ0) is 11.7. The molecule has 0 saturated heterocycles. The second-order valence-electron chi connectivity index (χ2n) is 4.04. The van der Waals surface area contributed by atoms with Crippen LogP contribution in [0.25, 0.3) is 0 Å². The fraction of sp³-hybridized carbons (Fsp3) is 0.417. The highest BCUT2D eigenvalue weighted by Crippen LogP contribution is 2.34. The minimum absolute atomic E-state index is 0.0404. The molecule has 0 saturated carbocycles. The number of hydrogen-bond acceptors (Lipinski definition) is 3. The first-order valence-corrected chi connectivity index (χ1v) is 5.31. The molecular weight excluding hydrogens is 204 g/mol. The molecule has 0 aromatic heterocycles. The molecule has 0 bridgehead atoms. The van der Waals surface area contributed by atoms with E-state index in [1.54, 1.807) is 19.1 Å². The number of ether oxygens (including phenoxy) is 1. The molecule has 1 atom stereocenters. The summed E-state index contributed by atoms with van der Waals surface area (Å²) in [7, 11) is 3.42. The zero-order valence-corrected chi connectivity index (χ0v) is 9.56. The van der Waals surface area contributed by atoms with Crippen LogP contribution in [-0.4, -0.2) is 38.1 Å². The van der Waals surface area contributed by atoms with Gasteiger partial charge < -0.3 is 15.4 Å². The Morgan fingerprint density at radius 3 is 2.94 bits per heavy atom. The van der Waals surface area contributed by atoms with Crippen LogP contribution in [0.1, 0.15) is 21.8 Å². The van der Waals surface area contributed by atoms with E-state index >= 15 is 0 Å². The number of likely N-dealkylation sites (N-methyl/N-ethyl adjacent to an activating group) is 1. The minimum atomic E-state index is 0.0404. The highest BCUT2D eigenvalue weighted by Gasteiger charge is 2.30. The van der Waals surface area contributed by atoms with Gasteiger partial charge in [-0.15, -0.1) is 0 Å². The van der Waals surface area contributed by atoms with E-state index in [9.17, 15) is 4.79 Å². The van der Waals surface area contributed by atoms with E-state index in [1.165, 1.54) is 0 Å². The maximum absolute atomic E-state index is 12.0. The third-order valence-electron chi connectivity index (χ3n) is 3.05. The van der Waals surface area contributed by atoms with E-state index in [2.05, 4.69) is 0 Å². The monoisotopic (exact) mass is 220 g/mol. The largest absolute Gasteiger partial charge is 0.496 e.